The molecule has 1 heterocycles. The van der Waals surface area contributed by atoms with Crippen molar-refractivity contribution >= 4 is 17.6 Å². The van der Waals surface area contributed by atoms with Crippen LogP contribution in [0, 0.1) is 0 Å². The highest BCUT2D eigenvalue weighted by molar-refractivity contribution is 6.02. The molecule has 10 nitrogen and oxygen atoms in total. The van der Waals surface area contributed by atoms with Gasteiger partial charge in [-0.15, -0.1) is 10.2 Å². The van der Waals surface area contributed by atoms with E-state index in [1.165, 1.54) is 11.9 Å². The van der Waals surface area contributed by atoms with E-state index in [1.807, 2.05) is 30.3 Å². The Morgan fingerprint density at radius 3 is 2.55 bits per heavy atom. The van der Waals surface area contributed by atoms with Crippen LogP contribution in [0.3, 0.4) is 0 Å². The number of hydrogen-bond acceptors (Lipinski definition) is 8. The highest BCUT2D eigenvalue weighted by atomic mass is 19.3. The molecule has 0 unspecified atom stereocenters. The summed E-state index contributed by atoms with van der Waals surface area (Å²) in [4.78, 5) is 25.9. The van der Waals surface area contributed by atoms with Crippen LogP contribution in [0.5, 0.6) is 11.5 Å². The Kier molecular flexibility index (Phi) is 7.84. The number of carbonyl (C=O) groups is 2. The van der Waals surface area contributed by atoms with Crippen molar-refractivity contribution in [2.75, 3.05) is 19.5 Å². The van der Waals surface area contributed by atoms with Gasteiger partial charge in [-0.25, -0.2) is 4.79 Å². The van der Waals surface area contributed by atoms with Crippen LogP contribution in [-0.4, -0.2) is 52.9 Å². The first-order chi connectivity index (χ1) is 15.9. The second kappa shape index (κ2) is 11.0. The van der Waals surface area contributed by atoms with Crippen molar-refractivity contribution in [1.82, 2.24) is 20.2 Å². The summed E-state index contributed by atoms with van der Waals surface area (Å²) >= 11 is 0. The lowest BCUT2D eigenvalue weighted by atomic mass is 10.1. The van der Waals surface area contributed by atoms with E-state index in [1.54, 1.807) is 0 Å². The molecule has 0 atom stereocenters. The van der Waals surface area contributed by atoms with Crippen molar-refractivity contribution in [3.8, 4) is 22.9 Å². The van der Waals surface area contributed by atoms with Gasteiger partial charge in [0.1, 0.15) is 0 Å². The van der Waals surface area contributed by atoms with Crippen molar-refractivity contribution in [3.05, 3.63) is 48.0 Å². The van der Waals surface area contributed by atoms with E-state index in [0.29, 0.717) is 18.8 Å². The lowest BCUT2D eigenvalue weighted by molar-refractivity contribution is -0.116. The maximum atomic E-state index is 12.7. The first-order valence-electron chi connectivity index (χ1n) is 9.79. The number of anilines is 1. The van der Waals surface area contributed by atoms with E-state index in [2.05, 4.69) is 25.5 Å². The number of methoxy groups -OCH3 is 2. The highest BCUT2D eigenvalue weighted by Gasteiger charge is 2.21. The molecule has 1 N–H and O–H groups in total. The zero-order chi connectivity index (χ0) is 23.8. The van der Waals surface area contributed by atoms with E-state index < -0.39 is 18.5 Å². The molecule has 0 saturated carbocycles. The molecule has 0 fully saturated rings. The fourth-order valence-corrected chi connectivity index (χ4v) is 2.92. The Hall–Kier alpha value is -4.09. The predicted molar refractivity (Wildman–Crippen MR) is 112 cm³/mol. The molecule has 1 aromatic heterocycles. The molecule has 0 aliphatic heterocycles. The van der Waals surface area contributed by atoms with Gasteiger partial charge in [0.15, 0.2) is 11.5 Å². The Bertz CT molecular complexity index is 1110. The molecule has 1 amide bonds. The first-order valence-corrected chi connectivity index (χ1v) is 9.79. The first kappa shape index (κ1) is 23.6. The molecule has 0 aliphatic rings. The highest BCUT2D eigenvalue weighted by Crippen LogP contribution is 2.35. The number of esters is 1. The second-order valence-electron chi connectivity index (χ2n) is 6.65. The SMILES string of the molecule is COC(=O)c1cc(OC)c(OC(F)F)cc1NC(=O)CCCn1nnc(-c2ccccc2)n1. The summed E-state index contributed by atoms with van der Waals surface area (Å²) in [6.45, 7) is -2.80. The molecule has 0 bridgehead atoms. The lowest BCUT2D eigenvalue weighted by Gasteiger charge is -2.15. The molecule has 0 spiro atoms. The van der Waals surface area contributed by atoms with E-state index in [0.717, 1.165) is 24.8 Å². The zero-order valence-electron chi connectivity index (χ0n) is 17.8. The minimum atomic E-state index is -3.12. The van der Waals surface area contributed by atoms with Gasteiger partial charge in [0.25, 0.3) is 0 Å². The van der Waals surface area contributed by atoms with Gasteiger partial charge in [0.05, 0.1) is 32.0 Å². The molecule has 0 aliphatic carbocycles. The molecule has 0 radical (unpaired) electrons. The summed E-state index contributed by atoms with van der Waals surface area (Å²) in [5.74, 6) is -1.23. The van der Waals surface area contributed by atoms with Crippen molar-refractivity contribution in [2.45, 2.75) is 26.0 Å². The van der Waals surface area contributed by atoms with Crippen LogP contribution in [0.4, 0.5) is 14.5 Å². The summed E-state index contributed by atoms with van der Waals surface area (Å²) < 4.78 is 39.5. The number of aryl methyl sites for hydroxylation is 1. The van der Waals surface area contributed by atoms with Crippen molar-refractivity contribution < 1.29 is 32.6 Å². The van der Waals surface area contributed by atoms with Crippen LogP contribution in [0.15, 0.2) is 42.5 Å². The van der Waals surface area contributed by atoms with E-state index in [-0.39, 0.29) is 29.2 Å². The van der Waals surface area contributed by atoms with Crippen LogP contribution in [0.25, 0.3) is 11.4 Å². The molecule has 2 aromatic carbocycles. The van der Waals surface area contributed by atoms with E-state index >= 15 is 0 Å². The van der Waals surface area contributed by atoms with Crippen LogP contribution in [-0.2, 0) is 16.1 Å². The number of benzene rings is 2. The van der Waals surface area contributed by atoms with Crippen molar-refractivity contribution in [3.63, 3.8) is 0 Å². The molecule has 3 rings (SSSR count). The Morgan fingerprint density at radius 1 is 1.12 bits per heavy atom. The van der Waals surface area contributed by atoms with Crippen LogP contribution < -0.4 is 14.8 Å². The molecular formula is C21H21F2N5O5. The summed E-state index contributed by atoms with van der Waals surface area (Å²) in [6, 6.07) is 11.6. The van der Waals surface area contributed by atoms with Gasteiger partial charge < -0.3 is 19.5 Å². The van der Waals surface area contributed by atoms with Gasteiger partial charge in [0.2, 0.25) is 11.7 Å². The minimum Gasteiger partial charge on any atom is -0.493 e. The number of halogens is 2. The fraction of sp³-hybridized carbons (Fsp3) is 0.286. The van der Waals surface area contributed by atoms with Gasteiger partial charge in [0, 0.05) is 24.1 Å². The quantitative estimate of drug-likeness (QED) is 0.458. The maximum Gasteiger partial charge on any atom is 0.387 e. The third-order valence-electron chi connectivity index (χ3n) is 4.45. The van der Waals surface area contributed by atoms with Gasteiger partial charge in [-0.1, -0.05) is 30.3 Å². The molecule has 12 heteroatoms. The molecule has 33 heavy (non-hydrogen) atoms. The molecular weight excluding hydrogens is 440 g/mol. The number of carbonyl (C=O) groups excluding carboxylic acids is 2. The predicted octanol–water partition coefficient (Wildman–Crippen LogP) is 3.16. The van der Waals surface area contributed by atoms with Gasteiger partial charge >= 0.3 is 12.6 Å². The third-order valence-corrected chi connectivity index (χ3v) is 4.45. The van der Waals surface area contributed by atoms with Crippen LogP contribution in [0.1, 0.15) is 23.2 Å². The summed E-state index contributed by atoms with van der Waals surface area (Å²) in [5.41, 5.74) is 0.696. The molecule has 0 saturated heterocycles. The van der Waals surface area contributed by atoms with Gasteiger partial charge in [-0.05, 0) is 11.6 Å². The van der Waals surface area contributed by atoms with Crippen molar-refractivity contribution in [2.24, 2.45) is 0 Å². The van der Waals surface area contributed by atoms with Crippen LogP contribution >= 0.6 is 0 Å². The summed E-state index contributed by atoms with van der Waals surface area (Å²) in [6.07, 6.45) is 0.403. The lowest BCUT2D eigenvalue weighted by Crippen LogP contribution is -2.17. The maximum absolute atomic E-state index is 12.7. The third kappa shape index (κ3) is 6.21. The normalized spacial score (nSPS) is 10.7. The second-order valence-corrected chi connectivity index (χ2v) is 6.65. The number of alkyl halides is 2. The van der Waals surface area contributed by atoms with Gasteiger partial charge in [-0.2, -0.15) is 13.6 Å². The molecule has 174 valence electrons. The largest absolute Gasteiger partial charge is 0.493 e. The van der Waals surface area contributed by atoms with E-state index in [9.17, 15) is 18.4 Å². The Morgan fingerprint density at radius 2 is 1.88 bits per heavy atom. The van der Waals surface area contributed by atoms with Gasteiger partial charge in [-0.3, -0.25) is 4.79 Å². The number of ether oxygens (including phenoxy) is 3. The monoisotopic (exact) mass is 461 g/mol. The Balaban J connectivity index is 1.65. The van der Waals surface area contributed by atoms with Crippen LogP contribution in [0.2, 0.25) is 0 Å². The zero-order valence-corrected chi connectivity index (χ0v) is 17.8. The number of nitrogens with zero attached hydrogens (tertiary/aromatic N) is 4. The smallest absolute Gasteiger partial charge is 0.387 e. The number of tetrazole rings is 1. The number of amides is 1. The standard InChI is InChI=1S/C21H21F2N5O5/c1-31-16-11-14(20(30)32-2)15(12-17(16)33-21(22)23)24-18(29)9-6-10-28-26-19(25-27-28)13-7-4-3-5-8-13/h3-5,7-8,11-12,21H,6,9-10H2,1-2H3,(H,24,29). The molecule has 3 aromatic rings. The summed E-state index contributed by atoms with van der Waals surface area (Å²) in [7, 11) is 2.38. The average Bonchev–Trinajstić information content (AvgIpc) is 3.28. The van der Waals surface area contributed by atoms with E-state index in [4.69, 9.17) is 9.47 Å². The minimum absolute atomic E-state index is 0.0416. The summed E-state index contributed by atoms with van der Waals surface area (Å²) in [5, 5.41) is 14.7. The topological polar surface area (TPSA) is 117 Å². The van der Waals surface area contributed by atoms with Crippen molar-refractivity contribution in [1.29, 1.82) is 0 Å². The number of nitrogens with one attached hydrogen (secondary N) is 1. The Labute approximate surface area is 187 Å². The number of hydrogen-bond donors (Lipinski definition) is 1. The number of rotatable bonds is 10. The number of aromatic nitrogens is 4. The average molecular weight is 461 g/mol. The fourth-order valence-electron chi connectivity index (χ4n) is 2.92.